The minimum absolute atomic E-state index is 0.0266. The maximum atomic E-state index is 14.0. The number of carbonyl (C=O) groups is 1. The number of benzene rings is 1. The zero-order valence-electron chi connectivity index (χ0n) is 17.2. The van der Waals surface area contributed by atoms with Gasteiger partial charge in [-0.25, -0.2) is 14.2 Å². The lowest BCUT2D eigenvalue weighted by molar-refractivity contribution is 0.0270. The van der Waals surface area contributed by atoms with E-state index >= 15 is 0 Å². The van der Waals surface area contributed by atoms with E-state index < -0.39 is 11.4 Å². The number of halogens is 1. The molecule has 8 heteroatoms. The minimum Gasteiger partial charge on any atom is -0.472 e. The van der Waals surface area contributed by atoms with Crippen LogP contribution in [0.15, 0.2) is 36.7 Å². The van der Waals surface area contributed by atoms with E-state index in [2.05, 4.69) is 9.97 Å². The summed E-state index contributed by atoms with van der Waals surface area (Å²) in [7, 11) is 0. The first kappa shape index (κ1) is 21.2. The third-order valence-corrected chi connectivity index (χ3v) is 4.36. The number of hydrogen-bond acceptors (Lipinski definition) is 6. The zero-order chi connectivity index (χ0) is 21.7. The van der Waals surface area contributed by atoms with Gasteiger partial charge in [-0.15, -0.1) is 0 Å². The number of carbonyl (C=O) groups excluding carboxylic acids is 1. The highest BCUT2D eigenvalue weighted by molar-refractivity contribution is 5.71. The van der Waals surface area contributed by atoms with Gasteiger partial charge in [-0.2, -0.15) is 5.26 Å². The predicted octanol–water partition coefficient (Wildman–Crippen LogP) is 4.09. The van der Waals surface area contributed by atoms with Crippen molar-refractivity contribution in [2.45, 2.75) is 39.4 Å². The molecule has 1 amide bonds. The summed E-state index contributed by atoms with van der Waals surface area (Å²) in [5, 5.41) is 8.81. The average molecular weight is 410 g/mol. The third-order valence-electron chi connectivity index (χ3n) is 4.36. The molecule has 1 aliphatic heterocycles. The molecule has 0 bridgehead atoms. The van der Waals surface area contributed by atoms with Crippen LogP contribution < -0.4 is 4.74 Å². The Kier molecular flexibility index (Phi) is 6.31. The maximum absolute atomic E-state index is 14.0. The zero-order valence-corrected chi connectivity index (χ0v) is 17.2. The minimum atomic E-state index is -0.535. The highest BCUT2D eigenvalue weighted by Crippen LogP contribution is 2.23. The summed E-state index contributed by atoms with van der Waals surface area (Å²) in [5.41, 5.74) is 1.65. The molecule has 0 spiro atoms. The summed E-state index contributed by atoms with van der Waals surface area (Å²) in [6, 6.07) is 6.11. The monoisotopic (exact) mass is 410 g/mol. The number of aromatic nitrogens is 2. The van der Waals surface area contributed by atoms with Crippen molar-refractivity contribution in [3.8, 4) is 11.9 Å². The summed E-state index contributed by atoms with van der Waals surface area (Å²) in [4.78, 5) is 22.4. The summed E-state index contributed by atoms with van der Waals surface area (Å²) in [5.74, 6) is -0.234. The Morgan fingerprint density at radius 3 is 2.77 bits per heavy atom. The number of hydrogen-bond donors (Lipinski definition) is 0. The summed E-state index contributed by atoms with van der Waals surface area (Å²) < 4.78 is 25.0. The van der Waals surface area contributed by atoms with Crippen LogP contribution in [0, 0.1) is 17.1 Å². The van der Waals surface area contributed by atoms with Gasteiger partial charge in [0.2, 0.25) is 5.88 Å². The molecule has 0 atom stereocenters. The van der Waals surface area contributed by atoms with Crippen LogP contribution in [0.3, 0.4) is 0 Å². The molecule has 1 aliphatic rings. The average Bonchev–Trinajstić information content (AvgIpc) is 2.72. The highest BCUT2D eigenvalue weighted by Gasteiger charge is 2.24. The second-order valence-corrected chi connectivity index (χ2v) is 7.85. The summed E-state index contributed by atoms with van der Waals surface area (Å²) in [6.07, 6.45) is 5.28. The van der Waals surface area contributed by atoms with E-state index in [0.29, 0.717) is 30.8 Å². The van der Waals surface area contributed by atoms with E-state index in [9.17, 15) is 9.18 Å². The van der Waals surface area contributed by atoms with Crippen molar-refractivity contribution in [3.05, 3.63) is 59.3 Å². The molecule has 2 aromatic rings. The Morgan fingerprint density at radius 1 is 1.33 bits per heavy atom. The Balaban J connectivity index is 1.63. The van der Waals surface area contributed by atoms with Crippen LogP contribution in [0.1, 0.15) is 44.0 Å². The Morgan fingerprint density at radius 2 is 2.13 bits per heavy atom. The van der Waals surface area contributed by atoms with Gasteiger partial charge in [0.15, 0.2) is 0 Å². The molecule has 0 unspecified atom stereocenters. The quantitative estimate of drug-likeness (QED) is 0.754. The van der Waals surface area contributed by atoms with E-state index in [-0.39, 0.29) is 24.1 Å². The lowest BCUT2D eigenvalue weighted by Gasteiger charge is -2.29. The molecule has 0 aliphatic carbocycles. The lowest BCUT2D eigenvalue weighted by Crippen LogP contribution is -2.39. The van der Waals surface area contributed by atoms with Gasteiger partial charge >= 0.3 is 6.09 Å². The smallest absolute Gasteiger partial charge is 0.410 e. The fourth-order valence-electron chi connectivity index (χ4n) is 2.85. The molecule has 156 valence electrons. The summed E-state index contributed by atoms with van der Waals surface area (Å²) >= 11 is 0. The van der Waals surface area contributed by atoms with Crippen LogP contribution in [-0.4, -0.2) is 39.7 Å². The molecule has 0 saturated heterocycles. The number of ether oxygens (including phenoxy) is 2. The van der Waals surface area contributed by atoms with Crippen LogP contribution >= 0.6 is 0 Å². The first-order valence-electron chi connectivity index (χ1n) is 9.56. The van der Waals surface area contributed by atoms with Crippen molar-refractivity contribution in [2.24, 2.45) is 0 Å². The van der Waals surface area contributed by atoms with Gasteiger partial charge in [-0.1, -0.05) is 12.1 Å². The topological polar surface area (TPSA) is 88.3 Å². The van der Waals surface area contributed by atoms with Crippen molar-refractivity contribution < 1.29 is 18.7 Å². The van der Waals surface area contributed by atoms with Crippen molar-refractivity contribution in [1.82, 2.24) is 14.9 Å². The normalized spacial score (nSPS) is 14.0. The second-order valence-electron chi connectivity index (χ2n) is 7.85. The van der Waals surface area contributed by atoms with Crippen LogP contribution in [0.25, 0.3) is 5.57 Å². The van der Waals surface area contributed by atoms with Gasteiger partial charge in [0, 0.05) is 18.7 Å². The predicted molar refractivity (Wildman–Crippen MR) is 108 cm³/mol. The van der Waals surface area contributed by atoms with E-state index in [1.165, 1.54) is 24.4 Å². The standard InChI is InChI=1S/C22H23FN4O3/c1-22(2,3)30-21(28)27-8-6-16(7-9-27)19-12-25-13-20(26-19)29-14-17-5-4-15(11-24)10-18(17)23/h4-6,10,12-13H,7-9,14H2,1-3H3. The van der Waals surface area contributed by atoms with Crippen molar-refractivity contribution in [3.63, 3.8) is 0 Å². The first-order valence-corrected chi connectivity index (χ1v) is 9.56. The SMILES string of the molecule is CC(C)(C)OC(=O)N1CC=C(c2cncc(OCc3ccc(C#N)cc3F)n2)CC1. The van der Waals surface area contributed by atoms with Gasteiger partial charge in [0.05, 0.1) is 29.7 Å². The van der Waals surface area contributed by atoms with Crippen molar-refractivity contribution in [1.29, 1.82) is 5.26 Å². The van der Waals surface area contributed by atoms with Crippen LogP contribution in [0.4, 0.5) is 9.18 Å². The fraction of sp³-hybridized carbons (Fsp3) is 0.364. The number of nitrogens with zero attached hydrogens (tertiary/aromatic N) is 4. The van der Waals surface area contributed by atoms with Crippen LogP contribution in [-0.2, 0) is 11.3 Å². The van der Waals surface area contributed by atoms with Gasteiger partial charge in [0.25, 0.3) is 0 Å². The molecule has 0 radical (unpaired) electrons. The third kappa shape index (κ3) is 5.54. The molecule has 0 N–H and O–H groups in total. The number of rotatable bonds is 4. The maximum Gasteiger partial charge on any atom is 0.410 e. The molecule has 1 aromatic carbocycles. The van der Waals surface area contributed by atoms with Crippen molar-refractivity contribution >= 4 is 11.7 Å². The Labute approximate surface area is 174 Å². The number of amides is 1. The van der Waals surface area contributed by atoms with Gasteiger partial charge in [0.1, 0.15) is 18.0 Å². The van der Waals surface area contributed by atoms with Gasteiger partial charge in [-0.3, -0.25) is 4.98 Å². The number of nitriles is 1. The Bertz CT molecular complexity index is 1010. The van der Waals surface area contributed by atoms with Gasteiger partial charge < -0.3 is 14.4 Å². The summed E-state index contributed by atoms with van der Waals surface area (Å²) in [6.45, 7) is 6.42. The van der Waals surface area contributed by atoms with E-state index in [1.54, 1.807) is 11.1 Å². The highest BCUT2D eigenvalue weighted by atomic mass is 19.1. The molecule has 30 heavy (non-hydrogen) atoms. The van der Waals surface area contributed by atoms with Crippen LogP contribution in [0.2, 0.25) is 0 Å². The second kappa shape index (κ2) is 8.91. The lowest BCUT2D eigenvalue weighted by atomic mass is 10.1. The molecule has 2 heterocycles. The first-order chi connectivity index (χ1) is 14.2. The van der Waals surface area contributed by atoms with Crippen molar-refractivity contribution in [2.75, 3.05) is 13.1 Å². The van der Waals surface area contributed by atoms with Gasteiger partial charge in [-0.05, 0) is 44.9 Å². The fourth-order valence-corrected chi connectivity index (χ4v) is 2.85. The molecule has 7 nitrogen and oxygen atoms in total. The Hall–Kier alpha value is -3.47. The molecular weight excluding hydrogens is 387 g/mol. The molecular formula is C22H23FN4O3. The van der Waals surface area contributed by atoms with E-state index in [4.69, 9.17) is 14.7 Å². The molecule has 0 saturated carbocycles. The largest absolute Gasteiger partial charge is 0.472 e. The van der Waals surface area contributed by atoms with E-state index in [0.717, 1.165) is 5.57 Å². The molecule has 3 rings (SSSR count). The molecule has 0 fully saturated rings. The van der Waals surface area contributed by atoms with Crippen LogP contribution in [0.5, 0.6) is 5.88 Å². The molecule has 1 aromatic heterocycles. The van der Waals surface area contributed by atoms with E-state index in [1.807, 2.05) is 32.9 Å².